The van der Waals surface area contributed by atoms with Crippen molar-refractivity contribution in [3.05, 3.63) is 29.8 Å². The molecule has 0 radical (unpaired) electrons. The third kappa shape index (κ3) is 3.73. The van der Waals surface area contributed by atoms with E-state index in [0.29, 0.717) is 24.8 Å². The first-order valence-electron chi connectivity index (χ1n) is 6.89. The van der Waals surface area contributed by atoms with Gasteiger partial charge in [0.15, 0.2) is 0 Å². The van der Waals surface area contributed by atoms with E-state index in [1.54, 1.807) is 12.1 Å². The molecular weight excluding hydrogens is 256 g/mol. The average molecular weight is 276 g/mol. The summed E-state index contributed by atoms with van der Waals surface area (Å²) >= 11 is 0. The molecule has 1 aromatic rings. The molecule has 2 rings (SSSR count). The topological polar surface area (TPSA) is 58.6 Å². The Balaban J connectivity index is 1.89. The van der Waals surface area contributed by atoms with Gasteiger partial charge in [-0.2, -0.15) is 0 Å². The zero-order chi connectivity index (χ0) is 14.5. The van der Waals surface area contributed by atoms with E-state index in [0.717, 1.165) is 6.42 Å². The number of rotatable bonds is 4. The summed E-state index contributed by atoms with van der Waals surface area (Å²) in [6.45, 7) is 5.46. The molecule has 2 amide bonds. The molecule has 5 heteroatoms. The van der Waals surface area contributed by atoms with Gasteiger partial charge in [-0.3, -0.25) is 0 Å². The molecule has 1 N–H and O–H groups in total. The van der Waals surface area contributed by atoms with E-state index in [2.05, 4.69) is 19.2 Å². The summed E-state index contributed by atoms with van der Waals surface area (Å²) in [6.07, 6.45) is 0.849. The number of esters is 1. The molecule has 0 bridgehead atoms. The summed E-state index contributed by atoms with van der Waals surface area (Å²) in [7, 11) is 0. The summed E-state index contributed by atoms with van der Waals surface area (Å²) in [5, 5.41) is 2.70. The first-order valence-corrected chi connectivity index (χ1v) is 6.89. The zero-order valence-electron chi connectivity index (χ0n) is 11.9. The minimum absolute atomic E-state index is 0.0161. The number of hydrogen-bond donors (Lipinski definition) is 1. The Morgan fingerprint density at radius 3 is 2.65 bits per heavy atom. The number of carbonyl (C=O) groups excluding carboxylic acids is 2. The second kappa shape index (κ2) is 6.41. The normalized spacial score (nSPS) is 15.2. The lowest BCUT2D eigenvalue weighted by molar-refractivity contribution is -0.135. The van der Waals surface area contributed by atoms with Crippen molar-refractivity contribution < 1.29 is 14.3 Å². The summed E-state index contributed by atoms with van der Waals surface area (Å²) in [6, 6.07) is 7.25. The molecule has 0 saturated carbocycles. The van der Waals surface area contributed by atoms with Crippen molar-refractivity contribution in [2.45, 2.75) is 26.2 Å². The third-order valence-corrected chi connectivity index (χ3v) is 3.27. The van der Waals surface area contributed by atoms with Gasteiger partial charge in [-0.1, -0.05) is 26.0 Å². The lowest BCUT2D eigenvalue weighted by atomic mass is 10.0. The predicted molar refractivity (Wildman–Crippen MR) is 75.8 cm³/mol. The van der Waals surface area contributed by atoms with Crippen LogP contribution in [0.1, 0.15) is 31.7 Å². The molecule has 20 heavy (non-hydrogen) atoms. The Hall–Kier alpha value is -2.04. The molecule has 0 aliphatic carbocycles. The number of benzene rings is 1. The highest BCUT2D eigenvalue weighted by Crippen LogP contribution is 2.18. The zero-order valence-corrected chi connectivity index (χ0v) is 11.9. The van der Waals surface area contributed by atoms with Gasteiger partial charge in [-0.15, -0.1) is 0 Å². The Morgan fingerprint density at radius 2 is 2.05 bits per heavy atom. The smallest absolute Gasteiger partial charge is 0.331 e. The van der Waals surface area contributed by atoms with E-state index < -0.39 is 5.97 Å². The highest BCUT2D eigenvalue weighted by molar-refractivity contribution is 5.82. The fourth-order valence-electron chi connectivity index (χ4n) is 2.07. The molecular formula is C15H20N2O3. The SMILES string of the molecule is CC(C)c1ccc(OC(=O)CN2CCCNC2=O)cc1. The van der Waals surface area contributed by atoms with Crippen LogP contribution in [0.5, 0.6) is 5.75 Å². The monoisotopic (exact) mass is 276 g/mol. The van der Waals surface area contributed by atoms with E-state index in [1.165, 1.54) is 10.5 Å². The largest absolute Gasteiger partial charge is 0.425 e. The lowest BCUT2D eigenvalue weighted by Gasteiger charge is -2.26. The van der Waals surface area contributed by atoms with Gasteiger partial charge in [-0.25, -0.2) is 9.59 Å². The number of nitrogens with zero attached hydrogens (tertiary/aromatic N) is 1. The van der Waals surface area contributed by atoms with E-state index in [9.17, 15) is 9.59 Å². The molecule has 0 spiro atoms. The maximum atomic E-state index is 11.8. The number of amides is 2. The van der Waals surface area contributed by atoms with Gasteiger partial charge in [0, 0.05) is 13.1 Å². The molecule has 1 aliphatic rings. The summed E-state index contributed by atoms with van der Waals surface area (Å²) in [4.78, 5) is 24.8. The minimum Gasteiger partial charge on any atom is -0.425 e. The second-order valence-electron chi connectivity index (χ2n) is 5.20. The van der Waals surface area contributed by atoms with Crippen molar-refractivity contribution in [1.29, 1.82) is 0 Å². The number of ether oxygens (including phenoxy) is 1. The Kier molecular flexibility index (Phi) is 4.61. The average Bonchev–Trinajstić information content (AvgIpc) is 2.42. The Morgan fingerprint density at radius 1 is 1.35 bits per heavy atom. The Labute approximate surface area is 118 Å². The Bertz CT molecular complexity index is 482. The molecule has 1 heterocycles. The molecule has 108 valence electrons. The van der Waals surface area contributed by atoms with Crippen molar-refractivity contribution >= 4 is 12.0 Å². The molecule has 5 nitrogen and oxygen atoms in total. The molecule has 1 aromatic carbocycles. The van der Waals surface area contributed by atoms with Gasteiger partial charge in [0.1, 0.15) is 12.3 Å². The van der Waals surface area contributed by atoms with Crippen molar-refractivity contribution in [2.24, 2.45) is 0 Å². The minimum atomic E-state index is -0.417. The molecule has 0 atom stereocenters. The molecule has 1 saturated heterocycles. The summed E-state index contributed by atoms with van der Waals surface area (Å²) in [5.41, 5.74) is 1.19. The van der Waals surface area contributed by atoms with E-state index in [1.807, 2.05) is 12.1 Å². The van der Waals surface area contributed by atoms with Crippen LogP contribution in [0.25, 0.3) is 0 Å². The number of nitrogens with one attached hydrogen (secondary N) is 1. The van der Waals surface area contributed by atoms with Gasteiger partial charge in [0.05, 0.1) is 0 Å². The molecule has 1 aliphatic heterocycles. The third-order valence-electron chi connectivity index (χ3n) is 3.27. The quantitative estimate of drug-likeness (QED) is 0.677. The highest BCUT2D eigenvalue weighted by atomic mass is 16.5. The van der Waals surface area contributed by atoms with Gasteiger partial charge in [-0.05, 0) is 30.0 Å². The maximum absolute atomic E-state index is 11.8. The standard InChI is InChI=1S/C15H20N2O3/c1-11(2)12-4-6-13(7-5-12)20-14(18)10-17-9-3-8-16-15(17)19/h4-7,11H,3,8-10H2,1-2H3,(H,16,19). The van der Waals surface area contributed by atoms with Crippen LogP contribution in [0.4, 0.5) is 4.79 Å². The molecule has 0 unspecified atom stereocenters. The van der Waals surface area contributed by atoms with Crippen LogP contribution in [-0.2, 0) is 4.79 Å². The fraction of sp³-hybridized carbons (Fsp3) is 0.467. The predicted octanol–water partition coefficient (Wildman–Crippen LogP) is 2.13. The summed E-state index contributed by atoms with van der Waals surface area (Å²) < 4.78 is 5.24. The molecule has 0 aromatic heterocycles. The van der Waals surface area contributed by atoms with Crippen LogP contribution in [0.15, 0.2) is 24.3 Å². The number of carbonyl (C=O) groups is 2. The van der Waals surface area contributed by atoms with Gasteiger partial charge < -0.3 is 15.0 Å². The highest BCUT2D eigenvalue weighted by Gasteiger charge is 2.21. The van der Waals surface area contributed by atoms with E-state index in [-0.39, 0.29) is 12.6 Å². The van der Waals surface area contributed by atoms with Crippen molar-refractivity contribution in [2.75, 3.05) is 19.6 Å². The first kappa shape index (κ1) is 14.4. The number of hydrogen-bond acceptors (Lipinski definition) is 3. The molecule has 1 fully saturated rings. The van der Waals surface area contributed by atoms with Crippen LogP contribution < -0.4 is 10.1 Å². The van der Waals surface area contributed by atoms with Gasteiger partial charge in [0.2, 0.25) is 0 Å². The first-order chi connectivity index (χ1) is 9.56. The summed E-state index contributed by atoms with van der Waals surface area (Å²) in [5.74, 6) is 0.535. The van der Waals surface area contributed by atoms with Crippen LogP contribution in [0.3, 0.4) is 0 Å². The van der Waals surface area contributed by atoms with Crippen LogP contribution in [-0.4, -0.2) is 36.5 Å². The van der Waals surface area contributed by atoms with E-state index >= 15 is 0 Å². The lowest BCUT2D eigenvalue weighted by Crippen LogP contribution is -2.48. The van der Waals surface area contributed by atoms with Crippen molar-refractivity contribution in [3.8, 4) is 5.75 Å². The maximum Gasteiger partial charge on any atom is 0.331 e. The van der Waals surface area contributed by atoms with E-state index in [4.69, 9.17) is 4.74 Å². The second-order valence-corrected chi connectivity index (χ2v) is 5.20. The number of urea groups is 1. The van der Waals surface area contributed by atoms with Gasteiger partial charge >= 0.3 is 12.0 Å². The van der Waals surface area contributed by atoms with Crippen molar-refractivity contribution in [1.82, 2.24) is 10.2 Å². The van der Waals surface area contributed by atoms with Crippen LogP contribution in [0.2, 0.25) is 0 Å². The van der Waals surface area contributed by atoms with Crippen molar-refractivity contribution in [3.63, 3.8) is 0 Å². The van der Waals surface area contributed by atoms with Crippen LogP contribution >= 0.6 is 0 Å². The van der Waals surface area contributed by atoms with Gasteiger partial charge in [0.25, 0.3) is 0 Å². The fourth-order valence-corrected chi connectivity index (χ4v) is 2.07. The van der Waals surface area contributed by atoms with Crippen LogP contribution in [0, 0.1) is 0 Å².